The van der Waals surface area contributed by atoms with Gasteiger partial charge in [-0.05, 0) is 106 Å². The van der Waals surface area contributed by atoms with Crippen LogP contribution in [-0.4, -0.2) is 75.7 Å². The normalized spacial score (nSPS) is 22.8. The molecular formula is C36H50N6O3S. The minimum Gasteiger partial charge on any atom is -0.393 e. The highest BCUT2D eigenvalue weighted by Crippen LogP contribution is 2.38. The molecule has 2 fully saturated rings. The quantitative estimate of drug-likeness (QED) is 0.271. The Balaban J connectivity index is 1.21. The first-order valence-electron chi connectivity index (χ1n) is 17.0. The Hall–Kier alpha value is -2.92. The minimum absolute atomic E-state index is 0.0475. The van der Waals surface area contributed by atoms with Gasteiger partial charge in [0.25, 0.3) is 11.8 Å². The van der Waals surface area contributed by atoms with Crippen LogP contribution in [0.1, 0.15) is 110 Å². The van der Waals surface area contributed by atoms with E-state index in [1.807, 2.05) is 24.3 Å². The fourth-order valence-electron chi connectivity index (χ4n) is 7.26. The summed E-state index contributed by atoms with van der Waals surface area (Å²) in [6.07, 6.45) is 5.94. The Kier molecular flexibility index (Phi) is 9.54. The number of aromatic nitrogens is 2. The van der Waals surface area contributed by atoms with Gasteiger partial charge < -0.3 is 26.0 Å². The fraction of sp³-hybridized carbons (Fsp3) is 0.611. The molecule has 4 N–H and O–H groups in total. The third kappa shape index (κ3) is 7.46. The maximum atomic E-state index is 13.8. The number of hydrogen-bond donors (Lipinski definition) is 4. The van der Waals surface area contributed by atoms with E-state index in [2.05, 4.69) is 61.5 Å². The van der Waals surface area contributed by atoms with E-state index in [0.717, 1.165) is 86.3 Å². The number of carbonyl (C=O) groups is 2. The summed E-state index contributed by atoms with van der Waals surface area (Å²) in [7, 11) is 0. The molecule has 0 spiro atoms. The molecule has 248 valence electrons. The highest BCUT2D eigenvalue weighted by atomic mass is 32.1. The monoisotopic (exact) mass is 646 g/mol. The molecule has 0 radical (unpaired) electrons. The Morgan fingerprint density at radius 2 is 1.89 bits per heavy atom. The third-order valence-electron chi connectivity index (χ3n) is 10.5. The number of benzene rings is 1. The molecule has 2 aromatic heterocycles. The van der Waals surface area contributed by atoms with Gasteiger partial charge in [-0.3, -0.25) is 9.59 Å². The van der Waals surface area contributed by atoms with Crippen molar-refractivity contribution in [2.75, 3.05) is 26.2 Å². The van der Waals surface area contributed by atoms with Crippen LogP contribution in [0.3, 0.4) is 0 Å². The molecule has 3 aromatic rings. The molecule has 10 heteroatoms. The number of likely N-dealkylation sites (tertiary alicyclic amines) is 1. The zero-order valence-corrected chi connectivity index (χ0v) is 28.8. The number of thiazole rings is 1. The molecule has 4 heterocycles. The van der Waals surface area contributed by atoms with E-state index >= 15 is 0 Å². The molecule has 2 unspecified atom stereocenters. The van der Waals surface area contributed by atoms with Gasteiger partial charge in [-0.25, -0.2) is 9.97 Å². The standard InChI is InChI=1S/C36H50N6O3S/c1-35(2,3)25-9-10-27-24(20-25)21-29-33(39-27)46-34(40-29)32(45)38-28(14-18-42-16-12-26(43)13-17-42)22-7-6-8-23(19-22)31(44)41-30-11-15-37-36(30,4)5/h6-8,19,21,25-26,28,30,37,43H,9-18,20H2,1-5H3,(H,38,45)(H,41,44)/t25-,28?,30?/m0/s1. The second-order valence-corrected chi connectivity index (χ2v) is 16.2. The van der Waals surface area contributed by atoms with Gasteiger partial charge in [0.2, 0.25) is 0 Å². The molecular weight excluding hydrogens is 597 g/mol. The van der Waals surface area contributed by atoms with Crippen molar-refractivity contribution in [3.8, 4) is 0 Å². The summed E-state index contributed by atoms with van der Waals surface area (Å²) in [6, 6.07) is 9.52. The SMILES string of the molecule is CC1(C)NCCC1NC(=O)c1cccc(C(CCN2CCC(O)CC2)NC(=O)c2nc3cc4c(nc3s2)CC[C@H](C(C)(C)C)C4)c1. The van der Waals surface area contributed by atoms with Crippen molar-refractivity contribution in [1.82, 2.24) is 30.8 Å². The molecule has 9 nitrogen and oxygen atoms in total. The minimum atomic E-state index is -0.308. The van der Waals surface area contributed by atoms with Gasteiger partial charge in [-0.1, -0.05) is 44.2 Å². The number of piperidine rings is 1. The first-order chi connectivity index (χ1) is 21.9. The molecule has 0 bridgehead atoms. The summed E-state index contributed by atoms with van der Waals surface area (Å²) in [6.45, 7) is 14.5. The summed E-state index contributed by atoms with van der Waals surface area (Å²) >= 11 is 1.35. The number of rotatable bonds is 8. The number of aliphatic hydroxyl groups excluding tert-OH is 1. The van der Waals surface area contributed by atoms with Crippen LogP contribution in [-0.2, 0) is 12.8 Å². The van der Waals surface area contributed by atoms with Gasteiger partial charge in [0.15, 0.2) is 5.01 Å². The topological polar surface area (TPSA) is 119 Å². The van der Waals surface area contributed by atoms with Crippen LogP contribution >= 0.6 is 11.3 Å². The number of fused-ring (bicyclic) bond motifs is 2. The van der Waals surface area contributed by atoms with Gasteiger partial charge in [-0.2, -0.15) is 0 Å². The van der Waals surface area contributed by atoms with Crippen molar-refractivity contribution >= 4 is 33.5 Å². The smallest absolute Gasteiger partial charge is 0.280 e. The van der Waals surface area contributed by atoms with Crippen molar-refractivity contribution in [1.29, 1.82) is 0 Å². The maximum Gasteiger partial charge on any atom is 0.280 e. The highest BCUT2D eigenvalue weighted by Gasteiger charge is 2.35. The number of pyridine rings is 1. The van der Waals surface area contributed by atoms with E-state index in [9.17, 15) is 14.7 Å². The van der Waals surface area contributed by atoms with Crippen LogP contribution < -0.4 is 16.0 Å². The fourth-order valence-corrected chi connectivity index (χ4v) is 8.10. The number of hydrogen-bond acceptors (Lipinski definition) is 8. The zero-order chi connectivity index (χ0) is 32.6. The molecule has 0 saturated carbocycles. The summed E-state index contributed by atoms with van der Waals surface area (Å²) in [5, 5.41) is 20.3. The number of aryl methyl sites for hydroxylation is 1. The van der Waals surface area contributed by atoms with Gasteiger partial charge in [0, 0.05) is 42.5 Å². The van der Waals surface area contributed by atoms with Crippen molar-refractivity contribution in [2.45, 2.75) is 103 Å². The molecule has 46 heavy (non-hydrogen) atoms. The second-order valence-electron chi connectivity index (χ2n) is 15.2. The number of amides is 2. The van der Waals surface area contributed by atoms with Gasteiger partial charge >= 0.3 is 0 Å². The lowest BCUT2D eigenvalue weighted by molar-refractivity contribution is 0.0795. The predicted octanol–water partition coefficient (Wildman–Crippen LogP) is 5.03. The second kappa shape index (κ2) is 13.3. The van der Waals surface area contributed by atoms with Crippen LogP contribution in [0.5, 0.6) is 0 Å². The predicted molar refractivity (Wildman–Crippen MR) is 183 cm³/mol. The molecule has 6 rings (SSSR count). The molecule has 3 aliphatic rings. The molecule has 2 amide bonds. The number of carbonyl (C=O) groups excluding carboxylic acids is 2. The lowest BCUT2D eigenvalue weighted by Gasteiger charge is -2.34. The van der Waals surface area contributed by atoms with Gasteiger partial charge in [-0.15, -0.1) is 0 Å². The van der Waals surface area contributed by atoms with Crippen molar-refractivity contribution in [3.63, 3.8) is 0 Å². The Morgan fingerprint density at radius 3 is 2.61 bits per heavy atom. The van der Waals surface area contributed by atoms with Crippen LogP contribution in [0.4, 0.5) is 0 Å². The van der Waals surface area contributed by atoms with Crippen LogP contribution in [0, 0.1) is 11.3 Å². The van der Waals surface area contributed by atoms with Gasteiger partial charge in [0.1, 0.15) is 10.3 Å². The molecule has 3 atom stereocenters. The molecule has 2 aliphatic heterocycles. The van der Waals surface area contributed by atoms with Crippen LogP contribution in [0.15, 0.2) is 30.3 Å². The third-order valence-corrected chi connectivity index (χ3v) is 11.5. The lowest BCUT2D eigenvalue weighted by Crippen LogP contribution is -2.50. The number of aliphatic hydroxyl groups is 1. The average molecular weight is 647 g/mol. The number of nitrogens with one attached hydrogen (secondary N) is 3. The van der Waals surface area contributed by atoms with E-state index in [1.54, 1.807) is 0 Å². The van der Waals surface area contributed by atoms with E-state index in [-0.39, 0.29) is 41.0 Å². The van der Waals surface area contributed by atoms with Crippen LogP contribution in [0.2, 0.25) is 0 Å². The Morgan fingerprint density at radius 1 is 1.11 bits per heavy atom. The summed E-state index contributed by atoms with van der Waals surface area (Å²) in [5.74, 6) is 0.277. The highest BCUT2D eigenvalue weighted by molar-refractivity contribution is 7.19. The van der Waals surface area contributed by atoms with Gasteiger partial charge in [0.05, 0.1) is 12.1 Å². The maximum absolute atomic E-state index is 13.8. The lowest BCUT2D eigenvalue weighted by atomic mass is 9.71. The summed E-state index contributed by atoms with van der Waals surface area (Å²) in [5.41, 5.74) is 4.74. The first kappa shape index (κ1) is 33.0. The number of nitrogens with zero attached hydrogens (tertiary/aromatic N) is 3. The largest absolute Gasteiger partial charge is 0.393 e. The average Bonchev–Trinajstić information content (AvgIpc) is 3.59. The van der Waals surface area contributed by atoms with Crippen molar-refractivity contribution < 1.29 is 14.7 Å². The van der Waals surface area contributed by atoms with Crippen LogP contribution in [0.25, 0.3) is 10.3 Å². The van der Waals surface area contributed by atoms with E-state index in [4.69, 9.17) is 9.97 Å². The molecule has 2 saturated heterocycles. The first-order valence-corrected chi connectivity index (χ1v) is 17.8. The van der Waals surface area contributed by atoms with Crippen molar-refractivity contribution in [3.05, 3.63) is 57.7 Å². The summed E-state index contributed by atoms with van der Waals surface area (Å²) < 4.78 is 0. The van der Waals surface area contributed by atoms with E-state index < -0.39 is 0 Å². The summed E-state index contributed by atoms with van der Waals surface area (Å²) in [4.78, 5) is 40.0. The molecule has 1 aliphatic carbocycles. The van der Waals surface area contributed by atoms with Crippen molar-refractivity contribution in [2.24, 2.45) is 11.3 Å². The molecule has 1 aromatic carbocycles. The van der Waals surface area contributed by atoms with E-state index in [1.165, 1.54) is 16.9 Å². The van der Waals surface area contributed by atoms with E-state index in [0.29, 0.717) is 22.9 Å². The Bertz CT molecular complexity index is 1570. The zero-order valence-electron chi connectivity index (χ0n) is 28.0. The Labute approximate surface area is 277 Å².